The molecule has 5 heteroatoms. The molecule has 0 atom stereocenters. The van der Waals surface area contributed by atoms with Crippen molar-refractivity contribution in [1.82, 2.24) is 4.98 Å². The average molecular weight is 386 g/mol. The Hall–Kier alpha value is -3.44. The van der Waals surface area contributed by atoms with Gasteiger partial charge in [0.05, 0.1) is 12.8 Å². The van der Waals surface area contributed by atoms with Gasteiger partial charge in [0, 0.05) is 27.8 Å². The Balaban J connectivity index is 1.61. The van der Waals surface area contributed by atoms with Crippen LogP contribution in [0.1, 0.15) is 10.4 Å². The molecule has 0 fully saturated rings. The standard InChI is InChI=1S/C23H18N2O2S/c1-27-18-13-11-17(12-14-18)24-22(26)20-10-6-5-9-19(20)21-15-28-23(25-21)16-7-3-2-4-8-16/h2-15H,1H3,(H,24,26). The van der Waals surface area contributed by atoms with Crippen LogP contribution < -0.4 is 10.1 Å². The average Bonchev–Trinajstić information content (AvgIpc) is 3.25. The maximum Gasteiger partial charge on any atom is 0.256 e. The van der Waals surface area contributed by atoms with Crippen LogP contribution in [0.5, 0.6) is 5.75 Å². The first-order chi connectivity index (χ1) is 13.7. The van der Waals surface area contributed by atoms with Crippen LogP contribution >= 0.6 is 11.3 Å². The highest BCUT2D eigenvalue weighted by Gasteiger charge is 2.15. The summed E-state index contributed by atoms with van der Waals surface area (Å²) in [4.78, 5) is 17.6. The fraction of sp³-hybridized carbons (Fsp3) is 0.0435. The summed E-state index contributed by atoms with van der Waals surface area (Å²) in [5, 5.41) is 5.86. The second-order valence-corrected chi connectivity index (χ2v) is 6.99. The number of thiazole rings is 1. The zero-order chi connectivity index (χ0) is 19.3. The quantitative estimate of drug-likeness (QED) is 0.476. The van der Waals surface area contributed by atoms with E-state index in [9.17, 15) is 4.79 Å². The molecular weight excluding hydrogens is 368 g/mol. The maximum absolute atomic E-state index is 12.9. The number of hydrogen-bond donors (Lipinski definition) is 1. The molecule has 28 heavy (non-hydrogen) atoms. The summed E-state index contributed by atoms with van der Waals surface area (Å²) in [6.45, 7) is 0. The molecule has 1 aromatic heterocycles. The minimum absolute atomic E-state index is 0.171. The van der Waals surface area contributed by atoms with Gasteiger partial charge in [0.1, 0.15) is 10.8 Å². The topological polar surface area (TPSA) is 51.2 Å². The predicted octanol–water partition coefficient (Wildman–Crippen LogP) is 5.74. The van der Waals surface area contributed by atoms with Gasteiger partial charge in [-0.15, -0.1) is 11.3 Å². The Bertz CT molecular complexity index is 1090. The SMILES string of the molecule is COc1ccc(NC(=O)c2ccccc2-c2csc(-c3ccccc3)n2)cc1. The third kappa shape index (κ3) is 3.80. The molecule has 0 unspecified atom stereocenters. The largest absolute Gasteiger partial charge is 0.497 e. The molecule has 138 valence electrons. The number of amides is 1. The number of aromatic nitrogens is 1. The van der Waals surface area contributed by atoms with Crippen LogP contribution in [0.3, 0.4) is 0 Å². The van der Waals surface area contributed by atoms with E-state index in [4.69, 9.17) is 9.72 Å². The fourth-order valence-electron chi connectivity index (χ4n) is 2.89. The minimum Gasteiger partial charge on any atom is -0.497 e. The zero-order valence-electron chi connectivity index (χ0n) is 15.3. The second-order valence-electron chi connectivity index (χ2n) is 6.13. The summed E-state index contributed by atoms with van der Waals surface area (Å²) in [6, 6.07) is 24.8. The van der Waals surface area contributed by atoms with E-state index in [2.05, 4.69) is 5.32 Å². The molecule has 3 aromatic carbocycles. The van der Waals surface area contributed by atoms with Crippen LogP contribution in [0.15, 0.2) is 84.2 Å². The lowest BCUT2D eigenvalue weighted by molar-refractivity contribution is 0.102. The van der Waals surface area contributed by atoms with Crippen molar-refractivity contribution in [2.75, 3.05) is 12.4 Å². The third-order valence-electron chi connectivity index (χ3n) is 4.32. The van der Waals surface area contributed by atoms with Crippen LogP contribution in [-0.4, -0.2) is 18.0 Å². The van der Waals surface area contributed by atoms with Crippen molar-refractivity contribution in [3.05, 3.63) is 89.8 Å². The summed E-state index contributed by atoms with van der Waals surface area (Å²) in [6.07, 6.45) is 0. The number of carbonyl (C=O) groups is 1. The lowest BCUT2D eigenvalue weighted by atomic mass is 10.0. The minimum atomic E-state index is -0.171. The molecule has 4 aromatic rings. The van der Waals surface area contributed by atoms with Gasteiger partial charge in [-0.2, -0.15) is 0 Å². The number of rotatable bonds is 5. The van der Waals surface area contributed by atoms with E-state index in [0.29, 0.717) is 11.3 Å². The van der Waals surface area contributed by atoms with Crippen molar-refractivity contribution in [2.45, 2.75) is 0 Å². The predicted molar refractivity (Wildman–Crippen MR) is 114 cm³/mol. The van der Waals surface area contributed by atoms with Crippen molar-refractivity contribution in [1.29, 1.82) is 0 Å². The first-order valence-electron chi connectivity index (χ1n) is 8.80. The number of hydrogen-bond acceptors (Lipinski definition) is 4. The van der Waals surface area contributed by atoms with Gasteiger partial charge >= 0.3 is 0 Å². The van der Waals surface area contributed by atoms with Gasteiger partial charge < -0.3 is 10.1 Å². The molecule has 1 N–H and O–H groups in total. The molecule has 0 spiro atoms. The summed E-state index contributed by atoms with van der Waals surface area (Å²) in [5.41, 5.74) is 3.97. The fourth-order valence-corrected chi connectivity index (χ4v) is 3.71. The number of carbonyl (C=O) groups excluding carboxylic acids is 1. The molecular formula is C23H18N2O2S. The van der Waals surface area contributed by atoms with Gasteiger partial charge in [-0.25, -0.2) is 4.98 Å². The van der Waals surface area contributed by atoms with E-state index >= 15 is 0 Å². The Morgan fingerprint density at radius 2 is 1.64 bits per heavy atom. The Labute approximate surface area is 167 Å². The van der Waals surface area contributed by atoms with E-state index in [1.54, 1.807) is 18.4 Å². The number of benzene rings is 3. The first kappa shape index (κ1) is 17.9. The highest BCUT2D eigenvalue weighted by atomic mass is 32.1. The summed E-state index contributed by atoms with van der Waals surface area (Å²) >= 11 is 1.57. The monoisotopic (exact) mass is 386 g/mol. The van der Waals surface area contributed by atoms with Gasteiger partial charge in [-0.1, -0.05) is 48.5 Å². The van der Waals surface area contributed by atoms with Crippen LogP contribution in [0, 0.1) is 0 Å². The van der Waals surface area contributed by atoms with Crippen molar-refractivity contribution >= 4 is 22.9 Å². The van der Waals surface area contributed by atoms with Crippen LogP contribution in [-0.2, 0) is 0 Å². The highest BCUT2D eigenvalue weighted by Crippen LogP contribution is 2.31. The van der Waals surface area contributed by atoms with E-state index in [0.717, 1.165) is 27.6 Å². The number of anilines is 1. The highest BCUT2D eigenvalue weighted by molar-refractivity contribution is 7.13. The molecule has 1 heterocycles. The molecule has 4 rings (SSSR count). The van der Waals surface area contributed by atoms with Crippen LogP contribution in [0.2, 0.25) is 0 Å². The lowest BCUT2D eigenvalue weighted by Gasteiger charge is -2.09. The number of nitrogens with zero attached hydrogens (tertiary/aromatic N) is 1. The van der Waals surface area contributed by atoms with Crippen molar-refractivity contribution in [3.8, 4) is 27.6 Å². The van der Waals surface area contributed by atoms with Gasteiger partial charge in [0.15, 0.2) is 0 Å². The maximum atomic E-state index is 12.9. The Morgan fingerprint density at radius 3 is 2.39 bits per heavy atom. The van der Waals surface area contributed by atoms with E-state index in [1.807, 2.05) is 84.2 Å². The smallest absolute Gasteiger partial charge is 0.256 e. The zero-order valence-corrected chi connectivity index (χ0v) is 16.1. The van der Waals surface area contributed by atoms with E-state index < -0.39 is 0 Å². The Kier molecular flexibility index (Phi) is 5.17. The summed E-state index contributed by atoms with van der Waals surface area (Å²) in [5.74, 6) is 0.573. The number of ether oxygens (including phenoxy) is 1. The van der Waals surface area contributed by atoms with Crippen LogP contribution in [0.4, 0.5) is 5.69 Å². The molecule has 0 radical (unpaired) electrons. The van der Waals surface area contributed by atoms with E-state index in [1.165, 1.54) is 0 Å². The number of methoxy groups -OCH3 is 1. The lowest BCUT2D eigenvalue weighted by Crippen LogP contribution is -2.13. The molecule has 0 aliphatic carbocycles. The van der Waals surface area contributed by atoms with Gasteiger partial charge in [0.25, 0.3) is 5.91 Å². The van der Waals surface area contributed by atoms with Gasteiger partial charge in [-0.3, -0.25) is 4.79 Å². The molecule has 0 aliphatic heterocycles. The molecule has 1 amide bonds. The third-order valence-corrected chi connectivity index (χ3v) is 5.21. The first-order valence-corrected chi connectivity index (χ1v) is 9.68. The van der Waals surface area contributed by atoms with Crippen LogP contribution in [0.25, 0.3) is 21.8 Å². The molecule has 0 saturated carbocycles. The molecule has 0 saturated heterocycles. The molecule has 4 nitrogen and oxygen atoms in total. The second kappa shape index (κ2) is 8.06. The molecule has 0 aliphatic rings. The van der Waals surface area contributed by atoms with Crippen molar-refractivity contribution in [2.24, 2.45) is 0 Å². The molecule has 0 bridgehead atoms. The summed E-state index contributed by atoms with van der Waals surface area (Å²) < 4.78 is 5.15. The van der Waals surface area contributed by atoms with Gasteiger partial charge in [-0.05, 0) is 30.3 Å². The van der Waals surface area contributed by atoms with Crippen molar-refractivity contribution in [3.63, 3.8) is 0 Å². The van der Waals surface area contributed by atoms with Gasteiger partial charge in [0.2, 0.25) is 0 Å². The van der Waals surface area contributed by atoms with E-state index in [-0.39, 0.29) is 5.91 Å². The number of nitrogens with one attached hydrogen (secondary N) is 1. The Morgan fingerprint density at radius 1 is 0.929 bits per heavy atom. The van der Waals surface area contributed by atoms with Crippen molar-refractivity contribution < 1.29 is 9.53 Å². The normalized spacial score (nSPS) is 10.5. The summed E-state index contributed by atoms with van der Waals surface area (Å²) in [7, 11) is 1.61.